The van der Waals surface area contributed by atoms with E-state index in [1.54, 1.807) is 7.05 Å². The number of hydrogen-bond donors (Lipinski definition) is 1. The molecule has 5 nitrogen and oxygen atoms in total. The summed E-state index contributed by atoms with van der Waals surface area (Å²) in [4.78, 5) is 25.0. The van der Waals surface area contributed by atoms with Gasteiger partial charge in [-0.3, -0.25) is 9.59 Å². The second kappa shape index (κ2) is 5.89. The van der Waals surface area contributed by atoms with Crippen LogP contribution in [0.1, 0.15) is 30.9 Å². The Morgan fingerprint density at radius 2 is 2.19 bits per heavy atom. The molecular weight excluding hydrogens is 286 g/mol. The van der Waals surface area contributed by atoms with Crippen LogP contribution in [0, 0.1) is 0 Å². The number of nitrogens with one attached hydrogen (secondary N) is 1. The monoisotopic (exact) mass is 303 g/mol. The molecule has 0 fully saturated rings. The first-order valence-corrected chi connectivity index (χ1v) is 8.00. The van der Waals surface area contributed by atoms with Crippen molar-refractivity contribution in [1.29, 1.82) is 0 Å². The third-order valence-electron chi connectivity index (χ3n) is 3.73. The number of hydrogen-bond acceptors (Lipinski definition) is 4. The van der Waals surface area contributed by atoms with E-state index in [9.17, 15) is 9.59 Å². The van der Waals surface area contributed by atoms with Gasteiger partial charge < -0.3 is 5.32 Å². The lowest BCUT2D eigenvalue weighted by Gasteiger charge is -2.27. The van der Waals surface area contributed by atoms with Crippen LogP contribution >= 0.6 is 11.8 Å². The summed E-state index contributed by atoms with van der Waals surface area (Å²) in [7, 11) is 1.58. The van der Waals surface area contributed by atoms with Gasteiger partial charge in [0.15, 0.2) is 0 Å². The van der Waals surface area contributed by atoms with Crippen LogP contribution in [0.3, 0.4) is 0 Å². The maximum Gasteiger partial charge on any atom is 0.267 e. The molecule has 2 aliphatic rings. The summed E-state index contributed by atoms with van der Waals surface area (Å²) >= 11 is 1.82. The van der Waals surface area contributed by atoms with Gasteiger partial charge in [-0.1, -0.05) is 18.2 Å². The van der Waals surface area contributed by atoms with Crippen molar-refractivity contribution in [3.8, 4) is 0 Å². The topological polar surface area (TPSA) is 61.8 Å². The second-order valence-electron chi connectivity index (χ2n) is 5.17. The predicted molar refractivity (Wildman–Crippen MR) is 82.1 cm³/mol. The second-order valence-corrected chi connectivity index (χ2v) is 6.30. The molecule has 110 valence electrons. The van der Waals surface area contributed by atoms with Crippen LogP contribution in [-0.4, -0.2) is 35.3 Å². The number of thioether (sulfide) groups is 1. The first-order valence-electron chi connectivity index (χ1n) is 7.02. The average Bonchev–Trinajstić information content (AvgIpc) is 2.50. The molecule has 0 aromatic heterocycles. The van der Waals surface area contributed by atoms with Crippen molar-refractivity contribution >= 4 is 29.3 Å². The minimum Gasteiger partial charge on any atom is -0.344 e. The Morgan fingerprint density at radius 1 is 1.38 bits per heavy atom. The lowest BCUT2D eigenvalue weighted by Crippen LogP contribution is -2.39. The van der Waals surface area contributed by atoms with Crippen molar-refractivity contribution in [1.82, 2.24) is 10.3 Å². The van der Waals surface area contributed by atoms with Crippen molar-refractivity contribution in [2.24, 2.45) is 5.10 Å². The van der Waals surface area contributed by atoms with Gasteiger partial charge >= 0.3 is 0 Å². The first-order chi connectivity index (χ1) is 10.1. The van der Waals surface area contributed by atoms with Crippen molar-refractivity contribution in [3.63, 3.8) is 0 Å². The Balaban J connectivity index is 1.74. The van der Waals surface area contributed by atoms with E-state index in [0.29, 0.717) is 18.6 Å². The van der Waals surface area contributed by atoms with Crippen molar-refractivity contribution in [2.75, 3.05) is 12.8 Å². The maximum atomic E-state index is 12.3. The van der Waals surface area contributed by atoms with Crippen LogP contribution < -0.4 is 5.32 Å². The molecule has 2 amide bonds. The summed E-state index contributed by atoms with van der Waals surface area (Å²) in [5.41, 5.74) is 1.61. The van der Waals surface area contributed by atoms with E-state index in [1.165, 1.54) is 15.5 Å². The highest BCUT2D eigenvalue weighted by atomic mass is 32.2. The fourth-order valence-electron chi connectivity index (χ4n) is 2.57. The third-order valence-corrected chi connectivity index (χ3v) is 4.86. The van der Waals surface area contributed by atoms with E-state index in [4.69, 9.17) is 0 Å². The number of nitrogens with zero attached hydrogens (tertiary/aromatic N) is 2. The van der Waals surface area contributed by atoms with Crippen LogP contribution in [0.5, 0.6) is 0 Å². The SMILES string of the molecule is CN1N=C(C(=O)N[C@@H]2CCSc3ccccc32)CCC1=O. The zero-order valence-corrected chi connectivity index (χ0v) is 12.7. The fraction of sp³-hybridized carbons (Fsp3) is 0.400. The highest BCUT2D eigenvalue weighted by Crippen LogP contribution is 2.35. The van der Waals surface area contributed by atoms with E-state index in [1.807, 2.05) is 23.9 Å². The van der Waals surface area contributed by atoms with Gasteiger partial charge in [0, 0.05) is 30.5 Å². The highest BCUT2D eigenvalue weighted by molar-refractivity contribution is 7.99. The minimum absolute atomic E-state index is 0.0283. The Hall–Kier alpha value is -1.82. The molecule has 0 saturated heterocycles. The molecule has 6 heteroatoms. The van der Waals surface area contributed by atoms with Gasteiger partial charge in [0.25, 0.3) is 5.91 Å². The van der Waals surface area contributed by atoms with Crippen LogP contribution in [0.4, 0.5) is 0 Å². The predicted octanol–water partition coefficient (Wildman–Crippen LogP) is 1.95. The molecule has 2 heterocycles. The summed E-state index contributed by atoms with van der Waals surface area (Å²) in [6.45, 7) is 0. The molecule has 0 spiro atoms. The van der Waals surface area contributed by atoms with Gasteiger partial charge in [0.2, 0.25) is 5.91 Å². The molecule has 1 N–H and O–H groups in total. The van der Waals surface area contributed by atoms with E-state index in [2.05, 4.69) is 22.6 Å². The van der Waals surface area contributed by atoms with Gasteiger partial charge in [-0.25, -0.2) is 5.01 Å². The number of hydrazone groups is 1. The molecule has 0 saturated carbocycles. The van der Waals surface area contributed by atoms with E-state index < -0.39 is 0 Å². The Kier molecular flexibility index (Phi) is 3.96. The van der Waals surface area contributed by atoms with Gasteiger partial charge in [-0.15, -0.1) is 11.8 Å². The van der Waals surface area contributed by atoms with Crippen LogP contribution in [0.25, 0.3) is 0 Å². The normalized spacial score (nSPS) is 21.6. The smallest absolute Gasteiger partial charge is 0.267 e. The molecule has 3 rings (SSSR count). The van der Waals surface area contributed by atoms with Crippen molar-refractivity contribution in [3.05, 3.63) is 29.8 Å². The van der Waals surface area contributed by atoms with Gasteiger partial charge in [0.1, 0.15) is 5.71 Å². The number of rotatable bonds is 2. The van der Waals surface area contributed by atoms with Gasteiger partial charge in [0.05, 0.1) is 6.04 Å². The molecule has 0 bridgehead atoms. The quantitative estimate of drug-likeness (QED) is 0.908. The minimum atomic E-state index is -0.166. The van der Waals surface area contributed by atoms with Crippen LogP contribution in [0.2, 0.25) is 0 Å². The number of fused-ring (bicyclic) bond motifs is 1. The van der Waals surface area contributed by atoms with E-state index in [0.717, 1.165) is 12.2 Å². The maximum absolute atomic E-state index is 12.3. The Labute approximate surface area is 127 Å². The first kappa shape index (κ1) is 14.1. The molecule has 0 aliphatic carbocycles. The molecule has 1 atom stereocenters. The van der Waals surface area contributed by atoms with Gasteiger partial charge in [-0.2, -0.15) is 5.10 Å². The molecule has 1 aromatic carbocycles. The highest BCUT2D eigenvalue weighted by Gasteiger charge is 2.26. The average molecular weight is 303 g/mol. The summed E-state index contributed by atoms with van der Waals surface area (Å²) in [6, 6.07) is 8.18. The third kappa shape index (κ3) is 2.95. The lowest BCUT2D eigenvalue weighted by molar-refractivity contribution is -0.130. The zero-order valence-electron chi connectivity index (χ0n) is 11.8. The Morgan fingerprint density at radius 3 is 3.00 bits per heavy atom. The van der Waals surface area contributed by atoms with Gasteiger partial charge in [-0.05, 0) is 18.1 Å². The lowest BCUT2D eigenvalue weighted by atomic mass is 10.0. The standard InChI is InChI=1S/C15H17N3O2S/c1-18-14(19)7-6-12(17-18)15(20)16-11-8-9-21-13-5-3-2-4-10(11)13/h2-5,11H,6-9H2,1H3,(H,16,20)/t11-/m1/s1. The summed E-state index contributed by atoms with van der Waals surface area (Å²) in [5, 5.41) is 8.38. The van der Waals surface area contributed by atoms with Crippen molar-refractivity contribution in [2.45, 2.75) is 30.2 Å². The van der Waals surface area contributed by atoms with E-state index >= 15 is 0 Å². The molecule has 0 unspecified atom stereocenters. The molecular formula is C15H17N3O2S. The largest absolute Gasteiger partial charge is 0.344 e. The molecule has 0 radical (unpaired) electrons. The molecule has 2 aliphatic heterocycles. The number of benzene rings is 1. The molecule has 1 aromatic rings. The fourth-order valence-corrected chi connectivity index (χ4v) is 3.69. The van der Waals surface area contributed by atoms with Crippen LogP contribution in [-0.2, 0) is 9.59 Å². The zero-order chi connectivity index (χ0) is 14.8. The number of amides is 2. The number of carbonyl (C=O) groups is 2. The van der Waals surface area contributed by atoms with Crippen LogP contribution in [0.15, 0.2) is 34.3 Å². The Bertz CT molecular complexity index is 615. The van der Waals surface area contributed by atoms with E-state index in [-0.39, 0.29) is 17.9 Å². The summed E-state index contributed by atoms with van der Waals surface area (Å²) in [5.74, 6) is 0.777. The number of carbonyl (C=O) groups excluding carboxylic acids is 2. The summed E-state index contributed by atoms with van der Waals surface area (Å²) in [6.07, 6.45) is 1.67. The summed E-state index contributed by atoms with van der Waals surface area (Å²) < 4.78 is 0. The van der Waals surface area contributed by atoms with Crippen molar-refractivity contribution < 1.29 is 9.59 Å². The molecule has 21 heavy (non-hydrogen) atoms.